The summed E-state index contributed by atoms with van der Waals surface area (Å²) in [5, 5.41) is 21.0. The first-order valence-corrected chi connectivity index (χ1v) is 8.67. The standard InChI is InChI=1S/C18H12ClIN2O4/c19-13-2-1-3-14(8-13)22-18(25)12(9-21)6-11-4-5-16(15(20)7-11)26-10-17(23)24/h1-8H,10H2,(H,22,25)(H,23,24)/b12-6+. The normalized spacial score (nSPS) is 10.7. The maximum Gasteiger partial charge on any atom is 0.341 e. The third-order valence-electron chi connectivity index (χ3n) is 3.07. The number of nitrogens with one attached hydrogen (secondary N) is 1. The van der Waals surface area contributed by atoms with Crippen molar-refractivity contribution < 1.29 is 19.4 Å². The van der Waals surface area contributed by atoms with Crippen molar-refractivity contribution in [1.29, 1.82) is 5.26 Å². The smallest absolute Gasteiger partial charge is 0.341 e. The van der Waals surface area contributed by atoms with E-state index in [0.717, 1.165) is 0 Å². The Morgan fingerprint density at radius 1 is 1.31 bits per heavy atom. The monoisotopic (exact) mass is 482 g/mol. The summed E-state index contributed by atoms with van der Waals surface area (Å²) in [6.07, 6.45) is 1.43. The number of aliphatic carboxylic acids is 1. The lowest BCUT2D eigenvalue weighted by molar-refractivity contribution is -0.139. The zero-order valence-corrected chi connectivity index (χ0v) is 16.1. The molecule has 8 heteroatoms. The number of amides is 1. The van der Waals surface area contributed by atoms with Gasteiger partial charge in [-0.3, -0.25) is 4.79 Å². The molecule has 0 unspecified atom stereocenters. The third kappa shape index (κ3) is 5.75. The molecule has 0 spiro atoms. The molecule has 0 heterocycles. The number of carboxylic acid groups (broad SMARTS) is 1. The summed E-state index contributed by atoms with van der Waals surface area (Å²) in [4.78, 5) is 22.8. The molecule has 0 saturated heterocycles. The maximum absolute atomic E-state index is 12.3. The molecule has 0 aliphatic rings. The molecule has 1 amide bonds. The zero-order chi connectivity index (χ0) is 19.1. The minimum Gasteiger partial charge on any atom is -0.481 e. The number of nitrogens with zero attached hydrogens (tertiary/aromatic N) is 1. The van der Waals surface area contributed by atoms with Crippen molar-refractivity contribution in [2.24, 2.45) is 0 Å². The number of carbonyl (C=O) groups excluding carboxylic acids is 1. The Morgan fingerprint density at radius 2 is 2.08 bits per heavy atom. The van der Waals surface area contributed by atoms with Gasteiger partial charge in [0.1, 0.15) is 17.4 Å². The van der Waals surface area contributed by atoms with Gasteiger partial charge >= 0.3 is 5.97 Å². The first-order chi connectivity index (χ1) is 12.4. The molecule has 132 valence electrons. The van der Waals surface area contributed by atoms with Crippen LogP contribution in [0.1, 0.15) is 5.56 Å². The Morgan fingerprint density at radius 3 is 2.69 bits per heavy atom. The predicted octanol–water partition coefficient (Wildman–Crippen LogP) is 3.95. The molecule has 2 N–H and O–H groups in total. The molecular weight excluding hydrogens is 471 g/mol. The Bertz CT molecular complexity index is 922. The van der Waals surface area contributed by atoms with Gasteiger partial charge in [0.05, 0.1) is 3.57 Å². The van der Waals surface area contributed by atoms with Crippen LogP contribution in [-0.4, -0.2) is 23.6 Å². The van der Waals surface area contributed by atoms with Crippen LogP contribution in [0.3, 0.4) is 0 Å². The summed E-state index contributed by atoms with van der Waals surface area (Å²) in [6, 6.07) is 13.4. The molecule has 6 nitrogen and oxygen atoms in total. The number of rotatable bonds is 6. The van der Waals surface area contributed by atoms with Gasteiger partial charge in [-0.1, -0.05) is 23.7 Å². The van der Waals surface area contributed by atoms with Gasteiger partial charge in [-0.15, -0.1) is 0 Å². The van der Waals surface area contributed by atoms with Crippen LogP contribution in [0.5, 0.6) is 5.75 Å². The van der Waals surface area contributed by atoms with E-state index in [0.29, 0.717) is 25.6 Å². The van der Waals surface area contributed by atoms with E-state index < -0.39 is 18.5 Å². The largest absolute Gasteiger partial charge is 0.481 e. The Labute approximate surface area is 168 Å². The second-order valence-electron chi connectivity index (χ2n) is 5.01. The molecule has 0 radical (unpaired) electrons. The molecule has 0 atom stereocenters. The molecule has 26 heavy (non-hydrogen) atoms. The first-order valence-electron chi connectivity index (χ1n) is 7.22. The molecule has 0 aliphatic heterocycles. The van der Waals surface area contributed by atoms with Crippen LogP contribution in [0.2, 0.25) is 5.02 Å². The molecule has 0 aliphatic carbocycles. The molecule has 2 rings (SSSR count). The number of anilines is 1. The highest BCUT2D eigenvalue weighted by Crippen LogP contribution is 2.23. The molecule has 0 saturated carbocycles. The van der Waals surface area contributed by atoms with Gasteiger partial charge in [-0.05, 0) is 64.6 Å². The average molecular weight is 483 g/mol. The fraction of sp³-hybridized carbons (Fsp3) is 0.0556. The minimum atomic E-state index is -1.07. The SMILES string of the molecule is N#C/C(=C\c1ccc(OCC(=O)O)c(I)c1)C(=O)Nc1cccc(Cl)c1. The predicted molar refractivity (Wildman–Crippen MR) is 106 cm³/mol. The van der Waals surface area contributed by atoms with Crippen molar-refractivity contribution in [1.82, 2.24) is 0 Å². The number of carbonyl (C=O) groups is 2. The summed E-state index contributed by atoms with van der Waals surface area (Å²) in [5.74, 6) is -1.22. The van der Waals surface area contributed by atoms with Crippen LogP contribution in [0, 0.1) is 14.9 Å². The van der Waals surface area contributed by atoms with Crippen LogP contribution < -0.4 is 10.1 Å². The van der Waals surface area contributed by atoms with Gasteiger partial charge in [0, 0.05) is 10.7 Å². The van der Waals surface area contributed by atoms with Crippen molar-refractivity contribution in [3.05, 3.63) is 62.2 Å². The Kier molecular flexibility index (Phi) is 7.00. The topological polar surface area (TPSA) is 99.4 Å². The molecule has 2 aromatic rings. The number of benzene rings is 2. The van der Waals surface area contributed by atoms with Crippen molar-refractivity contribution in [3.63, 3.8) is 0 Å². The lowest BCUT2D eigenvalue weighted by Crippen LogP contribution is -2.13. The Hall–Kier alpha value is -2.57. The second-order valence-corrected chi connectivity index (χ2v) is 6.61. The Balaban J connectivity index is 2.17. The lowest BCUT2D eigenvalue weighted by Gasteiger charge is -2.07. The fourth-order valence-electron chi connectivity index (χ4n) is 1.94. The van der Waals surface area contributed by atoms with Crippen molar-refractivity contribution in [2.75, 3.05) is 11.9 Å². The molecule has 0 bridgehead atoms. The number of hydrogen-bond donors (Lipinski definition) is 2. The summed E-state index contributed by atoms with van der Waals surface area (Å²) in [5.41, 5.74) is 1.01. The van der Waals surface area contributed by atoms with Crippen LogP contribution >= 0.6 is 34.2 Å². The van der Waals surface area contributed by atoms with Gasteiger partial charge in [-0.25, -0.2) is 4.79 Å². The summed E-state index contributed by atoms with van der Waals surface area (Å²) in [6.45, 7) is -0.448. The second kappa shape index (κ2) is 9.22. The van der Waals surface area contributed by atoms with Crippen LogP contribution in [0.4, 0.5) is 5.69 Å². The fourth-order valence-corrected chi connectivity index (χ4v) is 2.83. The van der Waals surface area contributed by atoms with E-state index in [2.05, 4.69) is 5.32 Å². The average Bonchev–Trinajstić information content (AvgIpc) is 2.58. The van der Waals surface area contributed by atoms with Crippen molar-refractivity contribution in [2.45, 2.75) is 0 Å². The van der Waals surface area contributed by atoms with Crippen LogP contribution in [0.25, 0.3) is 6.08 Å². The molecule has 0 fully saturated rings. The van der Waals surface area contributed by atoms with Crippen LogP contribution in [0.15, 0.2) is 48.0 Å². The molecule has 0 aromatic heterocycles. The molecular formula is C18H12ClIN2O4. The van der Waals surface area contributed by atoms with E-state index in [1.165, 1.54) is 6.08 Å². The summed E-state index contributed by atoms with van der Waals surface area (Å²) < 4.78 is 5.80. The lowest BCUT2D eigenvalue weighted by atomic mass is 10.1. The highest BCUT2D eigenvalue weighted by atomic mass is 127. The quantitative estimate of drug-likeness (QED) is 0.369. The number of hydrogen-bond acceptors (Lipinski definition) is 4. The molecule has 2 aromatic carbocycles. The minimum absolute atomic E-state index is 0.0834. The zero-order valence-electron chi connectivity index (χ0n) is 13.2. The number of carboxylic acids is 1. The van der Waals surface area contributed by atoms with E-state index in [1.54, 1.807) is 42.5 Å². The van der Waals surface area contributed by atoms with E-state index in [9.17, 15) is 14.9 Å². The third-order valence-corrected chi connectivity index (χ3v) is 4.14. The number of halogens is 2. The van der Waals surface area contributed by atoms with Crippen molar-refractivity contribution >= 4 is 57.8 Å². The summed E-state index contributed by atoms with van der Waals surface area (Å²) in [7, 11) is 0. The number of ether oxygens (including phenoxy) is 1. The van der Waals surface area contributed by atoms with Gasteiger partial charge < -0.3 is 15.2 Å². The van der Waals surface area contributed by atoms with Gasteiger partial charge in [-0.2, -0.15) is 5.26 Å². The van der Waals surface area contributed by atoms with E-state index in [-0.39, 0.29) is 5.57 Å². The summed E-state index contributed by atoms with van der Waals surface area (Å²) >= 11 is 7.85. The number of nitriles is 1. The van der Waals surface area contributed by atoms with Gasteiger partial charge in [0.2, 0.25) is 0 Å². The van der Waals surface area contributed by atoms with E-state index >= 15 is 0 Å². The maximum atomic E-state index is 12.3. The first kappa shape index (κ1) is 19.8. The highest BCUT2D eigenvalue weighted by molar-refractivity contribution is 14.1. The van der Waals surface area contributed by atoms with Crippen molar-refractivity contribution in [3.8, 4) is 11.8 Å². The van der Waals surface area contributed by atoms with E-state index in [4.69, 9.17) is 21.4 Å². The van der Waals surface area contributed by atoms with E-state index in [1.807, 2.05) is 28.7 Å². The van der Waals surface area contributed by atoms with Gasteiger partial charge in [0.25, 0.3) is 5.91 Å². The highest BCUT2D eigenvalue weighted by Gasteiger charge is 2.11. The van der Waals surface area contributed by atoms with Crippen LogP contribution in [-0.2, 0) is 9.59 Å². The van der Waals surface area contributed by atoms with Gasteiger partial charge in [0.15, 0.2) is 6.61 Å².